The van der Waals surface area contributed by atoms with Crippen molar-refractivity contribution < 1.29 is 28.2 Å². The lowest BCUT2D eigenvalue weighted by molar-refractivity contribution is -0.140. The van der Waals surface area contributed by atoms with E-state index in [4.69, 9.17) is 4.74 Å². The molecule has 0 spiro atoms. The molecule has 3 aromatic rings. The highest BCUT2D eigenvalue weighted by atomic mass is 19.1. The van der Waals surface area contributed by atoms with E-state index in [-0.39, 0.29) is 28.7 Å². The van der Waals surface area contributed by atoms with Crippen molar-refractivity contribution in [3.05, 3.63) is 106 Å². The first kappa shape index (κ1) is 25.1. The van der Waals surface area contributed by atoms with E-state index in [1.54, 1.807) is 18.2 Å². The molecule has 0 bridgehead atoms. The Bertz CT molecular complexity index is 1360. The van der Waals surface area contributed by atoms with Gasteiger partial charge >= 0.3 is 0 Å². The Balaban J connectivity index is 1.94. The van der Waals surface area contributed by atoms with Crippen LogP contribution in [0.3, 0.4) is 0 Å². The second-order valence-electron chi connectivity index (χ2n) is 9.74. The molecule has 5 nitrogen and oxygen atoms in total. The lowest BCUT2D eigenvalue weighted by Crippen LogP contribution is -2.29. The van der Waals surface area contributed by atoms with Gasteiger partial charge in [-0.2, -0.15) is 0 Å². The van der Waals surface area contributed by atoms with E-state index >= 15 is 4.39 Å². The van der Waals surface area contributed by atoms with Crippen molar-refractivity contribution in [1.29, 1.82) is 0 Å². The van der Waals surface area contributed by atoms with Gasteiger partial charge in [0.05, 0.1) is 24.3 Å². The molecule has 1 N–H and O–H groups in total. The first-order chi connectivity index (χ1) is 17.0. The Morgan fingerprint density at radius 3 is 2.28 bits per heavy atom. The summed E-state index contributed by atoms with van der Waals surface area (Å²) >= 11 is 0. The number of Topliss-reactive ketones (excluding diaryl/α,β-unsaturated/α-hetero) is 1. The highest BCUT2D eigenvalue weighted by molar-refractivity contribution is 6.46. The van der Waals surface area contributed by atoms with E-state index in [1.165, 1.54) is 54.5 Å². The van der Waals surface area contributed by atoms with Crippen LogP contribution in [0, 0.1) is 11.6 Å². The number of carbonyl (C=O) groups excluding carboxylic acids is 2. The molecule has 1 saturated heterocycles. The molecular formula is C29H27F2NO4. The summed E-state index contributed by atoms with van der Waals surface area (Å²) in [6.45, 7) is 5.92. The molecule has 0 radical (unpaired) electrons. The number of hydrogen-bond donors (Lipinski definition) is 1. The average Bonchev–Trinajstić information content (AvgIpc) is 3.09. The predicted octanol–water partition coefficient (Wildman–Crippen LogP) is 5.89. The molecule has 1 atom stereocenters. The average molecular weight is 492 g/mol. The Hall–Kier alpha value is -4.00. The SMILES string of the molecule is COc1ccc(C(C)(C)C)cc1/C(O)=C1\C(=O)C(=O)N(Cc2ccc(F)cc2)C1c1ccccc1F. The molecule has 4 rings (SSSR count). The van der Waals surface area contributed by atoms with Gasteiger partial charge < -0.3 is 14.7 Å². The Morgan fingerprint density at radius 2 is 1.67 bits per heavy atom. The van der Waals surface area contributed by atoms with Crippen LogP contribution in [0.5, 0.6) is 5.75 Å². The summed E-state index contributed by atoms with van der Waals surface area (Å²) < 4.78 is 33.9. The van der Waals surface area contributed by atoms with Crippen molar-refractivity contribution in [3.63, 3.8) is 0 Å². The Labute approximate surface area is 208 Å². The van der Waals surface area contributed by atoms with E-state index in [0.29, 0.717) is 11.3 Å². The molecule has 1 fully saturated rings. The van der Waals surface area contributed by atoms with Gasteiger partial charge in [0.1, 0.15) is 23.1 Å². The largest absolute Gasteiger partial charge is 0.507 e. The predicted molar refractivity (Wildman–Crippen MR) is 132 cm³/mol. The van der Waals surface area contributed by atoms with Crippen LogP contribution in [-0.2, 0) is 21.5 Å². The summed E-state index contributed by atoms with van der Waals surface area (Å²) in [6.07, 6.45) is 0. The summed E-state index contributed by atoms with van der Waals surface area (Å²) in [5.41, 5.74) is 1.19. The van der Waals surface area contributed by atoms with Crippen molar-refractivity contribution in [2.75, 3.05) is 7.11 Å². The maximum atomic E-state index is 15.0. The van der Waals surface area contributed by atoms with Gasteiger partial charge in [-0.15, -0.1) is 0 Å². The second-order valence-corrected chi connectivity index (χ2v) is 9.74. The van der Waals surface area contributed by atoms with Crippen LogP contribution in [0.1, 0.15) is 49.1 Å². The molecule has 1 amide bonds. The van der Waals surface area contributed by atoms with Crippen LogP contribution in [0.15, 0.2) is 72.3 Å². The number of carbonyl (C=O) groups is 2. The van der Waals surface area contributed by atoms with E-state index in [9.17, 15) is 19.1 Å². The Morgan fingerprint density at radius 1 is 1.00 bits per heavy atom. The maximum absolute atomic E-state index is 15.0. The number of amides is 1. The molecule has 3 aromatic carbocycles. The van der Waals surface area contributed by atoms with Crippen LogP contribution < -0.4 is 4.74 Å². The molecule has 1 aliphatic rings. The first-order valence-electron chi connectivity index (χ1n) is 11.5. The molecule has 1 unspecified atom stereocenters. The lowest BCUT2D eigenvalue weighted by atomic mass is 9.85. The number of aliphatic hydroxyl groups is 1. The fourth-order valence-electron chi connectivity index (χ4n) is 4.35. The third-order valence-electron chi connectivity index (χ3n) is 6.33. The zero-order valence-electron chi connectivity index (χ0n) is 20.5. The van der Waals surface area contributed by atoms with Gasteiger partial charge in [-0.3, -0.25) is 9.59 Å². The zero-order valence-corrected chi connectivity index (χ0v) is 20.5. The highest BCUT2D eigenvalue weighted by Gasteiger charge is 2.47. The molecule has 0 aromatic heterocycles. The fourth-order valence-corrected chi connectivity index (χ4v) is 4.35. The summed E-state index contributed by atoms with van der Waals surface area (Å²) in [5.74, 6) is -3.05. The van der Waals surface area contributed by atoms with Crippen molar-refractivity contribution >= 4 is 17.4 Å². The normalized spacial score (nSPS) is 17.5. The Kier molecular flexibility index (Phi) is 6.67. The number of rotatable bonds is 5. The van der Waals surface area contributed by atoms with Gasteiger partial charge in [-0.05, 0) is 46.9 Å². The number of methoxy groups -OCH3 is 1. The minimum atomic E-state index is -1.20. The standard InChI is InChI=1S/C29H27F2NO4/c1-29(2,3)18-11-14-23(36-4)21(15-18)26(33)24-25(20-7-5-6-8-22(20)31)32(28(35)27(24)34)16-17-9-12-19(30)13-10-17/h5-15,25,33H,16H2,1-4H3/b26-24+. The van der Waals surface area contributed by atoms with Crippen LogP contribution in [0.25, 0.3) is 5.76 Å². The summed E-state index contributed by atoms with van der Waals surface area (Å²) in [6, 6.07) is 15.3. The maximum Gasteiger partial charge on any atom is 0.295 e. The summed E-state index contributed by atoms with van der Waals surface area (Å²) in [5, 5.41) is 11.5. The van der Waals surface area contributed by atoms with E-state index < -0.39 is 35.1 Å². The monoisotopic (exact) mass is 491 g/mol. The fraction of sp³-hybridized carbons (Fsp3) is 0.241. The van der Waals surface area contributed by atoms with Crippen LogP contribution >= 0.6 is 0 Å². The van der Waals surface area contributed by atoms with Gasteiger partial charge in [0.15, 0.2) is 0 Å². The number of nitrogens with zero attached hydrogens (tertiary/aromatic N) is 1. The van der Waals surface area contributed by atoms with Crippen LogP contribution in [0.4, 0.5) is 8.78 Å². The number of ketones is 1. The highest BCUT2D eigenvalue weighted by Crippen LogP contribution is 2.43. The quantitative estimate of drug-likeness (QED) is 0.274. The van der Waals surface area contributed by atoms with Crippen LogP contribution in [-0.4, -0.2) is 28.8 Å². The summed E-state index contributed by atoms with van der Waals surface area (Å²) in [4.78, 5) is 27.7. The van der Waals surface area contributed by atoms with Gasteiger partial charge in [0.25, 0.3) is 11.7 Å². The second kappa shape index (κ2) is 9.57. The zero-order chi connectivity index (χ0) is 26.2. The minimum Gasteiger partial charge on any atom is -0.507 e. The van der Waals surface area contributed by atoms with Gasteiger partial charge in [-0.25, -0.2) is 8.78 Å². The number of aliphatic hydroxyl groups excluding tert-OH is 1. The molecule has 36 heavy (non-hydrogen) atoms. The van der Waals surface area contributed by atoms with Gasteiger partial charge in [0, 0.05) is 12.1 Å². The number of hydrogen-bond acceptors (Lipinski definition) is 4. The van der Waals surface area contributed by atoms with Gasteiger partial charge in [-0.1, -0.05) is 57.2 Å². The number of likely N-dealkylation sites (tertiary alicyclic amines) is 1. The van der Waals surface area contributed by atoms with Gasteiger partial charge in [0.2, 0.25) is 0 Å². The van der Waals surface area contributed by atoms with Crippen molar-refractivity contribution in [2.24, 2.45) is 0 Å². The topological polar surface area (TPSA) is 66.8 Å². The molecule has 1 heterocycles. The van der Waals surface area contributed by atoms with Crippen LogP contribution in [0.2, 0.25) is 0 Å². The minimum absolute atomic E-state index is 0.0614. The number of ether oxygens (including phenoxy) is 1. The third-order valence-corrected chi connectivity index (χ3v) is 6.33. The first-order valence-corrected chi connectivity index (χ1v) is 11.5. The van der Waals surface area contributed by atoms with Crippen molar-refractivity contribution in [3.8, 4) is 5.75 Å². The van der Waals surface area contributed by atoms with E-state index in [0.717, 1.165) is 5.56 Å². The molecular weight excluding hydrogens is 464 g/mol. The van der Waals surface area contributed by atoms with E-state index in [1.807, 2.05) is 26.8 Å². The number of benzene rings is 3. The summed E-state index contributed by atoms with van der Waals surface area (Å²) in [7, 11) is 1.43. The molecule has 1 aliphatic heterocycles. The van der Waals surface area contributed by atoms with Crippen molar-refractivity contribution in [1.82, 2.24) is 4.90 Å². The number of halogens is 2. The molecule has 0 saturated carbocycles. The molecule has 7 heteroatoms. The van der Waals surface area contributed by atoms with Crippen molar-refractivity contribution in [2.45, 2.75) is 38.8 Å². The van der Waals surface area contributed by atoms with E-state index in [2.05, 4.69) is 0 Å². The smallest absolute Gasteiger partial charge is 0.295 e. The third kappa shape index (κ3) is 4.61. The molecule has 0 aliphatic carbocycles. The lowest BCUT2D eigenvalue weighted by Gasteiger charge is -2.26. The molecule has 186 valence electrons.